The topological polar surface area (TPSA) is 46.5 Å². The molecule has 1 N–H and O–H groups in total. The van der Waals surface area contributed by atoms with E-state index in [-0.39, 0.29) is 29.5 Å². The van der Waals surface area contributed by atoms with Crippen LogP contribution in [0.25, 0.3) is 0 Å². The summed E-state index contributed by atoms with van der Waals surface area (Å²) in [5, 5.41) is 9.89. The van der Waals surface area contributed by atoms with Crippen LogP contribution in [0.15, 0.2) is 30.3 Å². The van der Waals surface area contributed by atoms with Crippen molar-refractivity contribution in [1.82, 2.24) is 0 Å². The maximum atomic E-state index is 12.6. The Kier molecular flexibility index (Phi) is 5.00. The van der Waals surface area contributed by atoms with Gasteiger partial charge in [0.2, 0.25) is 0 Å². The number of aliphatic hydroxyl groups is 1. The van der Waals surface area contributed by atoms with Gasteiger partial charge >= 0.3 is 5.97 Å². The van der Waals surface area contributed by atoms with Crippen LogP contribution in [0.1, 0.15) is 69.2 Å². The molecule has 1 aromatic carbocycles. The van der Waals surface area contributed by atoms with Gasteiger partial charge in [0.05, 0.1) is 5.56 Å². The summed E-state index contributed by atoms with van der Waals surface area (Å²) in [6, 6.07) is 9.28. The van der Waals surface area contributed by atoms with Crippen LogP contribution in [-0.4, -0.2) is 23.8 Å². The predicted octanol–water partition coefficient (Wildman–Crippen LogP) is 4.59. The average molecular weight is 330 g/mol. The summed E-state index contributed by atoms with van der Waals surface area (Å²) in [6.07, 6.45) is 7.62. The van der Waals surface area contributed by atoms with Gasteiger partial charge in [0, 0.05) is 12.0 Å². The van der Waals surface area contributed by atoms with Crippen molar-refractivity contribution in [3.05, 3.63) is 35.9 Å². The zero-order valence-electron chi connectivity index (χ0n) is 15.0. The number of esters is 1. The van der Waals surface area contributed by atoms with Crippen LogP contribution in [0.3, 0.4) is 0 Å². The van der Waals surface area contributed by atoms with E-state index in [0.717, 1.165) is 38.5 Å². The zero-order chi connectivity index (χ0) is 17.2. The van der Waals surface area contributed by atoms with Crippen molar-refractivity contribution in [2.45, 2.75) is 64.9 Å². The van der Waals surface area contributed by atoms with Crippen LogP contribution in [0, 0.1) is 16.7 Å². The number of hydrogen-bond acceptors (Lipinski definition) is 3. The molecule has 0 aromatic heterocycles. The fourth-order valence-electron chi connectivity index (χ4n) is 5.20. The van der Waals surface area contributed by atoms with Gasteiger partial charge in [-0.15, -0.1) is 0 Å². The minimum atomic E-state index is -0.212. The smallest absolute Gasteiger partial charge is 0.338 e. The van der Waals surface area contributed by atoms with Gasteiger partial charge in [-0.3, -0.25) is 0 Å². The minimum Gasteiger partial charge on any atom is -0.458 e. The maximum absolute atomic E-state index is 12.6. The molecule has 0 unspecified atom stereocenters. The molecule has 0 amide bonds. The van der Waals surface area contributed by atoms with Gasteiger partial charge in [-0.05, 0) is 55.6 Å². The number of aliphatic hydroxyl groups excluding tert-OH is 1. The summed E-state index contributed by atoms with van der Waals surface area (Å²) >= 11 is 0. The van der Waals surface area contributed by atoms with Crippen molar-refractivity contribution >= 4 is 5.97 Å². The van der Waals surface area contributed by atoms with Gasteiger partial charge in [-0.25, -0.2) is 4.79 Å². The highest BCUT2D eigenvalue weighted by molar-refractivity contribution is 5.89. The summed E-state index contributed by atoms with van der Waals surface area (Å²) in [4.78, 5) is 12.6. The van der Waals surface area contributed by atoms with Crippen LogP contribution in [0.5, 0.6) is 0 Å². The van der Waals surface area contributed by atoms with Crippen LogP contribution < -0.4 is 0 Å². The molecule has 0 heterocycles. The minimum absolute atomic E-state index is 0.0454. The van der Waals surface area contributed by atoms with Crippen LogP contribution in [0.4, 0.5) is 0 Å². The van der Waals surface area contributed by atoms with Crippen molar-refractivity contribution in [3.63, 3.8) is 0 Å². The zero-order valence-corrected chi connectivity index (χ0v) is 15.0. The SMILES string of the molecule is C[C@]1([C@@]2(C)CCCC[C@@H]2OC(=O)c2ccccc2)CCC[C@H]1CO. The highest BCUT2D eigenvalue weighted by Gasteiger charge is 2.56. The second-order valence-electron chi connectivity index (χ2n) is 8.11. The molecule has 2 aliphatic rings. The van der Waals surface area contributed by atoms with E-state index in [4.69, 9.17) is 4.74 Å². The Morgan fingerprint density at radius 3 is 2.50 bits per heavy atom. The van der Waals surface area contributed by atoms with Crippen molar-refractivity contribution in [2.24, 2.45) is 16.7 Å². The average Bonchev–Trinajstić information content (AvgIpc) is 3.00. The third kappa shape index (κ3) is 2.88. The molecular weight excluding hydrogens is 300 g/mol. The van der Waals surface area contributed by atoms with Crippen molar-refractivity contribution in [1.29, 1.82) is 0 Å². The van der Waals surface area contributed by atoms with Gasteiger partial charge in [0.1, 0.15) is 6.10 Å². The van der Waals surface area contributed by atoms with Gasteiger partial charge in [0.25, 0.3) is 0 Å². The molecule has 132 valence electrons. The lowest BCUT2D eigenvalue weighted by Crippen LogP contribution is -2.52. The predicted molar refractivity (Wildman–Crippen MR) is 94.8 cm³/mol. The molecule has 0 spiro atoms. The normalized spacial score (nSPS) is 36.5. The van der Waals surface area contributed by atoms with Crippen LogP contribution >= 0.6 is 0 Å². The summed E-state index contributed by atoms with van der Waals surface area (Å²) in [5.74, 6) is 0.106. The molecule has 2 aliphatic carbocycles. The van der Waals surface area contributed by atoms with Crippen molar-refractivity contribution in [2.75, 3.05) is 6.61 Å². The molecule has 0 bridgehead atoms. The van der Waals surface area contributed by atoms with E-state index in [2.05, 4.69) is 13.8 Å². The van der Waals surface area contributed by atoms with E-state index in [0.29, 0.717) is 11.5 Å². The first-order valence-corrected chi connectivity index (χ1v) is 9.38. The largest absolute Gasteiger partial charge is 0.458 e. The highest BCUT2D eigenvalue weighted by atomic mass is 16.5. The summed E-state index contributed by atoms with van der Waals surface area (Å²) in [6.45, 7) is 4.85. The quantitative estimate of drug-likeness (QED) is 0.821. The monoisotopic (exact) mass is 330 g/mol. The number of rotatable bonds is 4. The molecule has 1 aromatic rings. The molecule has 3 heteroatoms. The molecule has 0 saturated heterocycles. The molecule has 3 nitrogen and oxygen atoms in total. The molecule has 0 aliphatic heterocycles. The van der Waals surface area contributed by atoms with Gasteiger partial charge in [-0.1, -0.05) is 44.9 Å². The highest BCUT2D eigenvalue weighted by Crippen LogP contribution is 2.60. The Balaban J connectivity index is 1.84. The lowest BCUT2D eigenvalue weighted by Gasteiger charge is -2.53. The van der Waals surface area contributed by atoms with E-state index in [1.54, 1.807) is 0 Å². The Morgan fingerprint density at radius 1 is 1.08 bits per heavy atom. The van der Waals surface area contributed by atoms with Crippen molar-refractivity contribution < 1.29 is 14.6 Å². The Bertz CT molecular complexity index is 570. The Labute approximate surface area is 145 Å². The van der Waals surface area contributed by atoms with Crippen molar-refractivity contribution in [3.8, 4) is 0 Å². The van der Waals surface area contributed by atoms with E-state index in [1.807, 2.05) is 30.3 Å². The second kappa shape index (κ2) is 6.87. The summed E-state index contributed by atoms with van der Waals surface area (Å²) < 4.78 is 6.04. The summed E-state index contributed by atoms with van der Waals surface area (Å²) in [5.41, 5.74) is 0.615. The molecular formula is C21H30O3. The van der Waals surface area contributed by atoms with E-state index in [1.165, 1.54) is 6.42 Å². The van der Waals surface area contributed by atoms with Gasteiger partial charge in [-0.2, -0.15) is 0 Å². The number of hydrogen-bond donors (Lipinski definition) is 1. The lowest BCUT2D eigenvalue weighted by molar-refractivity contribution is -0.116. The first-order chi connectivity index (χ1) is 11.5. The number of carbonyl (C=O) groups excluding carboxylic acids is 1. The third-order valence-corrected chi connectivity index (χ3v) is 7.06. The first-order valence-electron chi connectivity index (χ1n) is 9.38. The molecule has 0 radical (unpaired) electrons. The first kappa shape index (κ1) is 17.5. The lowest BCUT2D eigenvalue weighted by atomic mass is 9.54. The third-order valence-electron chi connectivity index (χ3n) is 7.06. The van der Waals surface area contributed by atoms with Crippen LogP contribution in [-0.2, 0) is 4.74 Å². The Hall–Kier alpha value is -1.35. The summed E-state index contributed by atoms with van der Waals surface area (Å²) in [7, 11) is 0. The van der Waals surface area contributed by atoms with Gasteiger partial charge < -0.3 is 9.84 Å². The molecule has 24 heavy (non-hydrogen) atoms. The van der Waals surface area contributed by atoms with E-state index < -0.39 is 0 Å². The Morgan fingerprint density at radius 2 is 1.79 bits per heavy atom. The molecule has 4 atom stereocenters. The standard InChI is InChI=1S/C21H30O3/c1-20(14-8-11-17(20)15-22)21(2)13-7-6-12-18(21)24-19(23)16-9-4-3-5-10-16/h3-5,9-10,17-18,22H,6-8,11-15H2,1-2H3/t17-,18-,20-,21-/m0/s1. The molecule has 3 rings (SSSR count). The fourth-order valence-corrected chi connectivity index (χ4v) is 5.20. The number of ether oxygens (including phenoxy) is 1. The molecule has 2 fully saturated rings. The number of carbonyl (C=O) groups is 1. The van der Waals surface area contributed by atoms with E-state index >= 15 is 0 Å². The molecule has 2 saturated carbocycles. The van der Waals surface area contributed by atoms with Gasteiger partial charge in [0.15, 0.2) is 0 Å². The fraction of sp³-hybridized carbons (Fsp3) is 0.667. The number of benzene rings is 1. The van der Waals surface area contributed by atoms with E-state index in [9.17, 15) is 9.90 Å². The van der Waals surface area contributed by atoms with Crippen LogP contribution in [0.2, 0.25) is 0 Å². The second-order valence-corrected chi connectivity index (χ2v) is 8.11. The maximum Gasteiger partial charge on any atom is 0.338 e.